The largest absolute Gasteiger partial charge is 0.480 e. The number of benzene rings is 1. The number of hydrogen-bond acceptors (Lipinski definition) is 3. The van der Waals surface area contributed by atoms with E-state index in [0.29, 0.717) is 18.1 Å². The monoisotopic (exact) mass is 242 g/mol. The fourth-order valence-electron chi connectivity index (χ4n) is 1.40. The fourth-order valence-corrected chi connectivity index (χ4v) is 1.52. The van der Waals surface area contributed by atoms with Gasteiger partial charge in [-0.1, -0.05) is 11.6 Å². The molecule has 16 heavy (non-hydrogen) atoms. The Labute approximate surface area is 99.6 Å². The minimum atomic E-state index is -0.855. The molecule has 88 valence electrons. The van der Waals surface area contributed by atoms with Crippen molar-refractivity contribution in [2.24, 2.45) is 5.73 Å². The summed E-state index contributed by atoms with van der Waals surface area (Å²) in [6, 6.07) is 7.10. The summed E-state index contributed by atoms with van der Waals surface area (Å²) < 4.78 is 0. The summed E-state index contributed by atoms with van der Waals surface area (Å²) in [6.45, 7) is 1.15. The number of aliphatic carboxylic acids is 1. The van der Waals surface area contributed by atoms with Crippen molar-refractivity contribution in [1.82, 2.24) is 0 Å². The van der Waals surface area contributed by atoms with Gasteiger partial charge in [-0.15, -0.1) is 0 Å². The van der Waals surface area contributed by atoms with Gasteiger partial charge in [-0.25, -0.2) is 0 Å². The standard InChI is InChI=1S/C11H15ClN2O2/c12-9-2-4-10(5-3-9)14(7-1-6-13)8-11(15)16/h2-5H,1,6-8,13H2,(H,15,16). The molecule has 0 aliphatic carbocycles. The number of anilines is 1. The smallest absolute Gasteiger partial charge is 0.323 e. The Kier molecular flexibility index (Phi) is 5.08. The molecule has 0 saturated heterocycles. The van der Waals surface area contributed by atoms with Crippen LogP contribution < -0.4 is 10.6 Å². The Bertz CT molecular complexity index is 340. The van der Waals surface area contributed by atoms with Crippen LogP contribution in [0.5, 0.6) is 0 Å². The van der Waals surface area contributed by atoms with E-state index in [9.17, 15) is 4.79 Å². The van der Waals surface area contributed by atoms with E-state index in [1.807, 2.05) is 12.1 Å². The summed E-state index contributed by atoms with van der Waals surface area (Å²) >= 11 is 5.77. The third kappa shape index (κ3) is 4.08. The third-order valence-corrected chi connectivity index (χ3v) is 2.40. The number of carboxylic acid groups (broad SMARTS) is 1. The number of nitrogens with two attached hydrogens (primary N) is 1. The Morgan fingerprint density at radius 2 is 2.00 bits per heavy atom. The molecule has 0 aromatic heterocycles. The number of rotatable bonds is 6. The van der Waals surface area contributed by atoms with E-state index in [1.54, 1.807) is 17.0 Å². The molecule has 3 N–H and O–H groups in total. The van der Waals surface area contributed by atoms with E-state index in [0.717, 1.165) is 12.1 Å². The second-order valence-corrected chi connectivity index (χ2v) is 3.87. The van der Waals surface area contributed by atoms with Crippen LogP contribution >= 0.6 is 11.6 Å². The molecule has 5 heteroatoms. The van der Waals surface area contributed by atoms with Gasteiger partial charge in [-0.3, -0.25) is 4.79 Å². The topological polar surface area (TPSA) is 66.6 Å². The molecule has 0 spiro atoms. The van der Waals surface area contributed by atoms with Crippen LogP contribution in [0, 0.1) is 0 Å². The second-order valence-electron chi connectivity index (χ2n) is 3.43. The molecule has 0 bridgehead atoms. The zero-order valence-electron chi connectivity index (χ0n) is 8.90. The number of hydrogen-bond donors (Lipinski definition) is 2. The van der Waals surface area contributed by atoms with Crippen molar-refractivity contribution in [3.05, 3.63) is 29.3 Å². The summed E-state index contributed by atoms with van der Waals surface area (Å²) in [5.74, 6) is -0.855. The van der Waals surface area contributed by atoms with Crippen LogP contribution in [0.25, 0.3) is 0 Å². The third-order valence-electron chi connectivity index (χ3n) is 2.15. The van der Waals surface area contributed by atoms with Crippen molar-refractivity contribution < 1.29 is 9.90 Å². The molecule has 0 fully saturated rings. The van der Waals surface area contributed by atoms with E-state index in [-0.39, 0.29) is 6.54 Å². The first-order valence-electron chi connectivity index (χ1n) is 5.06. The Morgan fingerprint density at radius 1 is 1.38 bits per heavy atom. The Balaban J connectivity index is 2.74. The summed E-state index contributed by atoms with van der Waals surface area (Å²) in [4.78, 5) is 12.5. The van der Waals surface area contributed by atoms with E-state index in [1.165, 1.54) is 0 Å². The van der Waals surface area contributed by atoms with Gasteiger partial charge in [0.1, 0.15) is 6.54 Å². The SMILES string of the molecule is NCCCN(CC(=O)O)c1ccc(Cl)cc1. The average molecular weight is 243 g/mol. The van der Waals surface area contributed by atoms with Crippen molar-refractivity contribution in [3.8, 4) is 0 Å². The predicted octanol–water partition coefficient (Wildman–Crippen LogP) is 1.58. The van der Waals surface area contributed by atoms with Crippen LogP contribution in [0.2, 0.25) is 5.02 Å². The van der Waals surface area contributed by atoms with Gasteiger partial charge in [0.2, 0.25) is 0 Å². The number of carboxylic acids is 1. The molecule has 1 rings (SSSR count). The summed E-state index contributed by atoms with van der Waals surface area (Å²) in [5.41, 5.74) is 6.26. The normalized spacial score (nSPS) is 10.1. The van der Waals surface area contributed by atoms with Gasteiger partial charge in [0.25, 0.3) is 0 Å². The summed E-state index contributed by atoms with van der Waals surface area (Å²) in [7, 11) is 0. The zero-order valence-corrected chi connectivity index (χ0v) is 9.65. The zero-order chi connectivity index (χ0) is 12.0. The Hall–Kier alpha value is -1.26. The maximum Gasteiger partial charge on any atom is 0.323 e. The number of halogens is 1. The minimum Gasteiger partial charge on any atom is -0.480 e. The van der Waals surface area contributed by atoms with Gasteiger partial charge in [0.15, 0.2) is 0 Å². The molecule has 0 amide bonds. The molecule has 0 unspecified atom stereocenters. The van der Waals surface area contributed by atoms with E-state index >= 15 is 0 Å². The van der Waals surface area contributed by atoms with Gasteiger partial charge >= 0.3 is 5.97 Å². The van der Waals surface area contributed by atoms with Crippen molar-refractivity contribution in [2.75, 3.05) is 24.5 Å². The quantitative estimate of drug-likeness (QED) is 0.795. The van der Waals surface area contributed by atoms with Crippen LogP contribution in [0.3, 0.4) is 0 Å². The van der Waals surface area contributed by atoms with Gasteiger partial charge < -0.3 is 15.7 Å². The molecule has 0 aliphatic rings. The molecule has 0 radical (unpaired) electrons. The van der Waals surface area contributed by atoms with Crippen molar-refractivity contribution >= 4 is 23.3 Å². The highest BCUT2D eigenvalue weighted by molar-refractivity contribution is 6.30. The van der Waals surface area contributed by atoms with Crippen molar-refractivity contribution in [1.29, 1.82) is 0 Å². The highest BCUT2D eigenvalue weighted by atomic mass is 35.5. The van der Waals surface area contributed by atoms with Crippen LogP contribution in [-0.4, -0.2) is 30.7 Å². The molecular weight excluding hydrogens is 228 g/mol. The molecule has 0 atom stereocenters. The second kappa shape index (κ2) is 6.35. The fraction of sp³-hybridized carbons (Fsp3) is 0.364. The number of nitrogens with zero attached hydrogens (tertiary/aromatic N) is 1. The average Bonchev–Trinajstić information content (AvgIpc) is 2.25. The maximum atomic E-state index is 10.7. The lowest BCUT2D eigenvalue weighted by molar-refractivity contribution is -0.135. The van der Waals surface area contributed by atoms with Crippen LogP contribution in [0.4, 0.5) is 5.69 Å². The van der Waals surface area contributed by atoms with Gasteiger partial charge in [-0.2, -0.15) is 0 Å². The van der Waals surface area contributed by atoms with Gasteiger partial charge in [0, 0.05) is 17.3 Å². The molecule has 4 nitrogen and oxygen atoms in total. The Morgan fingerprint density at radius 3 is 2.50 bits per heavy atom. The summed E-state index contributed by atoms with van der Waals surface area (Å²) in [5, 5.41) is 9.44. The lowest BCUT2D eigenvalue weighted by Gasteiger charge is -2.22. The number of carbonyl (C=O) groups is 1. The van der Waals surface area contributed by atoms with Gasteiger partial charge in [-0.05, 0) is 37.2 Å². The van der Waals surface area contributed by atoms with Crippen LogP contribution in [0.15, 0.2) is 24.3 Å². The molecule has 1 aromatic rings. The highest BCUT2D eigenvalue weighted by Crippen LogP contribution is 2.17. The van der Waals surface area contributed by atoms with Gasteiger partial charge in [0.05, 0.1) is 0 Å². The highest BCUT2D eigenvalue weighted by Gasteiger charge is 2.09. The van der Waals surface area contributed by atoms with Crippen LogP contribution in [-0.2, 0) is 4.79 Å². The lowest BCUT2D eigenvalue weighted by atomic mass is 10.2. The van der Waals surface area contributed by atoms with E-state index in [2.05, 4.69) is 0 Å². The van der Waals surface area contributed by atoms with Crippen molar-refractivity contribution in [2.45, 2.75) is 6.42 Å². The summed E-state index contributed by atoms with van der Waals surface area (Å²) in [6.07, 6.45) is 0.760. The lowest BCUT2D eigenvalue weighted by Crippen LogP contribution is -2.31. The van der Waals surface area contributed by atoms with E-state index in [4.69, 9.17) is 22.4 Å². The molecule has 0 saturated carbocycles. The molecule has 1 aromatic carbocycles. The minimum absolute atomic E-state index is 0.0262. The van der Waals surface area contributed by atoms with E-state index < -0.39 is 5.97 Å². The molecule has 0 aliphatic heterocycles. The molecule has 0 heterocycles. The maximum absolute atomic E-state index is 10.7. The van der Waals surface area contributed by atoms with Crippen LogP contribution in [0.1, 0.15) is 6.42 Å². The molecular formula is C11H15ClN2O2. The first-order chi connectivity index (χ1) is 7.63. The first-order valence-corrected chi connectivity index (χ1v) is 5.43. The predicted molar refractivity (Wildman–Crippen MR) is 65.0 cm³/mol. The first kappa shape index (κ1) is 12.8. The van der Waals surface area contributed by atoms with Crippen molar-refractivity contribution in [3.63, 3.8) is 0 Å².